The predicted molar refractivity (Wildman–Crippen MR) is 136 cm³/mol. The van der Waals surface area contributed by atoms with Gasteiger partial charge in [-0.05, 0) is 42.0 Å². The van der Waals surface area contributed by atoms with Crippen LogP contribution in [0.25, 0.3) is 0 Å². The second-order valence-corrected chi connectivity index (χ2v) is 12.8. The third-order valence-electron chi connectivity index (χ3n) is 5.45. The molecule has 2 aromatic rings. The van der Waals surface area contributed by atoms with E-state index in [1.807, 2.05) is 0 Å². The van der Waals surface area contributed by atoms with Gasteiger partial charge < -0.3 is 15.0 Å². The number of hydrogen-bond donors (Lipinski definition) is 2. The number of rotatable bonds is 9. The van der Waals surface area contributed by atoms with Crippen LogP contribution in [0.1, 0.15) is 29.3 Å². The average molecular weight is 596 g/mol. The van der Waals surface area contributed by atoms with Crippen molar-refractivity contribution in [1.82, 2.24) is 10.0 Å². The fourth-order valence-electron chi connectivity index (χ4n) is 3.75. The van der Waals surface area contributed by atoms with E-state index in [4.69, 9.17) is 11.6 Å². The van der Waals surface area contributed by atoms with Gasteiger partial charge in [0.2, 0.25) is 10.0 Å². The molecule has 0 aliphatic carbocycles. The molecule has 208 valence electrons. The zero-order valence-electron chi connectivity index (χ0n) is 20.3. The van der Waals surface area contributed by atoms with Crippen LogP contribution in [0.2, 0.25) is 5.02 Å². The lowest BCUT2D eigenvalue weighted by Crippen LogP contribution is -2.33. The molecule has 3 rings (SSSR count). The number of halogens is 4. The summed E-state index contributed by atoms with van der Waals surface area (Å²) >= 11 is 6.00. The summed E-state index contributed by atoms with van der Waals surface area (Å²) in [5, 5.41) is 2.77. The van der Waals surface area contributed by atoms with E-state index in [1.54, 1.807) is 11.0 Å². The molecule has 0 bridgehead atoms. The molecule has 1 heterocycles. The van der Waals surface area contributed by atoms with Crippen LogP contribution in [0.3, 0.4) is 0 Å². The number of amides is 1. The average Bonchev–Trinajstić information content (AvgIpc) is 2.80. The molecule has 0 saturated carbocycles. The third-order valence-corrected chi connectivity index (χ3v) is 8.15. The number of sulfone groups is 1. The number of anilines is 1. The second-order valence-electron chi connectivity index (χ2n) is 8.40. The van der Waals surface area contributed by atoms with Gasteiger partial charge in [-0.3, -0.25) is 9.52 Å². The van der Waals surface area contributed by atoms with Gasteiger partial charge in [0.15, 0.2) is 9.84 Å². The number of nitrogens with one attached hydrogen (secondary N) is 2. The molecule has 0 radical (unpaired) electrons. The van der Waals surface area contributed by atoms with Gasteiger partial charge in [-0.15, -0.1) is 13.2 Å². The standard InChI is InChI=1S/C23H25ClF3N3O6S2/c1-3-38(34,35)21-5-4-17(24)10-16(21)14-28-22(31)15-11-19(13-20(12-15)36-23(25,26)27)30-8-6-18(7-9-30)29-37(2,32)33/h4-6,10-13,29H,3,7-9,14H2,1-2H3,(H,28,31). The maximum atomic E-state index is 13.0. The number of nitrogens with zero attached hydrogens (tertiary/aromatic N) is 1. The van der Waals surface area contributed by atoms with Crippen LogP contribution in [0.15, 0.2) is 53.1 Å². The van der Waals surface area contributed by atoms with Gasteiger partial charge in [0, 0.05) is 54.1 Å². The fourth-order valence-corrected chi connectivity index (χ4v) is 5.72. The maximum absolute atomic E-state index is 13.0. The van der Waals surface area contributed by atoms with E-state index in [9.17, 15) is 34.8 Å². The largest absolute Gasteiger partial charge is 0.573 e. The normalized spacial score (nSPS) is 14.6. The van der Waals surface area contributed by atoms with Crippen LogP contribution in [-0.2, 0) is 26.4 Å². The lowest BCUT2D eigenvalue weighted by Gasteiger charge is -2.29. The fraction of sp³-hybridized carbons (Fsp3) is 0.348. The van der Waals surface area contributed by atoms with E-state index >= 15 is 0 Å². The molecule has 0 saturated heterocycles. The zero-order valence-corrected chi connectivity index (χ0v) is 22.7. The zero-order chi connectivity index (χ0) is 28.3. The number of ether oxygens (including phenoxy) is 1. The van der Waals surface area contributed by atoms with Crippen LogP contribution in [0, 0.1) is 0 Å². The first-order valence-corrected chi connectivity index (χ1v) is 15.1. The summed E-state index contributed by atoms with van der Waals surface area (Å²) < 4.78 is 93.1. The first-order valence-electron chi connectivity index (χ1n) is 11.2. The van der Waals surface area contributed by atoms with E-state index in [-0.39, 0.29) is 58.5 Å². The van der Waals surface area contributed by atoms with Crippen molar-refractivity contribution in [3.63, 3.8) is 0 Å². The second kappa shape index (κ2) is 11.4. The molecule has 0 fully saturated rings. The Morgan fingerprint density at radius 1 is 1.13 bits per heavy atom. The van der Waals surface area contributed by atoms with Crippen molar-refractivity contribution in [2.75, 3.05) is 30.0 Å². The lowest BCUT2D eigenvalue weighted by atomic mass is 10.1. The topological polar surface area (TPSA) is 122 Å². The van der Waals surface area contributed by atoms with Crippen LogP contribution >= 0.6 is 11.6 Å². The van der Waals surface area contributed by atoms with Crippen LogP contribution in [0.4, 0.5) is 18.9 Å². The molecule has 2 N–H and O–H groups in total. The summed E-state index contributed by atoms with van der Waals surface area (Å²) in [6.07, 6.45) is -2.16. The third kappa shape index (κ3) is 8.27. The van der Waals surface area contributed by atoms with E-state index in [0.29, 0.717) is 5.70 Å². The minimum atomic E-state index is -5.01. The van der Waals surface area contributed by atoms with E-state index in [2.05, 4.69) is 14.8 Å². The van der Waals surface area contributed by atoms with Gasteiger partial charge in [0.25, 0.3) is 5.91 Å². The van der Waals surface area contributed by atoms with Crippen LogP contribution < -0.4 is 19.7 Å². The summed E-state index contributed by atoms with van der Waals surface area (Å²) in [4.78, 5) is 14.6. The molecule has 2 aromatic carbocycles. The Morgan fingerprint density at radius 2 is 1.84 bits per heavy atom. The summed E-state index contributed by atoms with van der Waals surface area (Å²) in [5.41, 5.74) is 0.753. The monoisotopic (exact) mass is 595 g/mol. The van der Waals surface area contributed by atoms with E-state index in [1.165, 1.54) is 31.2 Å². The minimum absolute atomic E-state index is 0.0156. The SMILES string of the molecule is CCS(=O)(=O)c1ccc(Cl)cc1CNC(=O)c1cc(OC(F)(F)F)cc(N2CC=C(NS(C)(=O)=O)CC2)c1. The molecule has 1 aliphatic heterocycles. The predicted octanol–water partition coefficient (Wildman–Crippen LogP) is 3.61. The Balaban J connectivity index is 1.88. The molecular weight excluding hydrogens is 571 g/mol. The highest BCUT2D eigenvalue weighted by Crippen LogP contribution is 2.30. The van der Waals surface area contributed by atoms with Gasteiger partial charge >= 0.3 is 6.36 Å². The van der Waals surface area contributed by atoms with Gasteiger partial charge in [-0.1, -0.05) is 18.5 Å². The Labute approximate surface area is 223 Å². The number of sulfonamides is 1. The molecule has 1 amide bonds. The van der Waals surface area contributed by atoms with Gasteiger partial charge in [0.1, 0.15) is 5.75 Å². The number of benzene rings is 2. The van der Waals surface area contributed by atoms with Crippen molar-refractivity contribution in [2.45, 2.75) is 31.1 Å². The van der Waals surface area contributed by atoms with Gasteiger partial charge in [-0.2, -0.15) is 0 Å². The highest BCUT2D eigenvalue weighted by Gasteiger charge is 2.32. The molecular formula is C23H25ClF3N3O6S2. The Kier molecular flexibility index (Phi) is 8.89. The van der Waals surface area contributed by atoms with E-state index < -0.39 is 37.9 Å². The molecule has 0 atom stereocenters. The number of carbonyl (C=O) groups is 1. The number of alkyl halides is 3. The van der Waals surface area contributed by atoms with Crippen molar-refractivity contribution < 1.29 is 39.5 Å². The van der Waals surface area contributed by atoms with Crippen molar-refractivity contribution in [3.8, 4) is 5.75 Å². The Morgan fingerprint density at radius 3 is 2.42 bits per heavy atom. The first kappa shape index (κ1) is 29.6. The molecule has 9 nitrogen and oxygen atoms in total. The van der Waals surface area contributed by atoms with Gasteiger partial charge in [-0.25, -0.2) is 16.8 Å². The summed E-state index contributed by atoms with van der Waals surface area (Å²) in [6.45, 7) is 1.64. The molecule has 38 heavy (non-hydrogen) atoms. The Hall–Kier alpha value is -2.97. The number of carbonyl (C=O) groups excluding carboxylic acids is 1. The molecule has 1 aliphatic rings. The Bertz CT molecular complexity index is 1460. The van der Waals surface area contributed by atoms with E-state index in [0.717, 1.165) is 18.4 Å². The molecule has 0 unspecified atom stereocenters. The highest BCUT2D eigenvalue weighted by molar-refractivity contribution is 7.91. The van der Waals surface area contributed by atoms with Crippen molar-refractivity contribution in [1.29, 1.82) is 0 Å². The quantitative estimate of drug-likeness (QED) is 0.454. The first-order chi connectivity index (χ1) is 17.6. The van der Waals surface area contributed by atoms with Crippen molar-refractivity contribution in [2.24, 2.45) is 0 Å². The molecule has 0 aromatic heterocycles. The summed E-state index contributed by atoms with van der Waals surface area (Å²) in [6, 6.07) is 7.53. The van der Waals surface area contributed by atoms with Crippen molar-refractivity contribution in [3.05, 3.63) is 64.3 Å². The molecule has 15 heteroatoms. The molecule has 0 spiro atoms. The van der Waals surface area contributed by atoms with Crippen LogP contribution in [0.5, 0.6) is 5.75 Å². The van der Waals surface area contributed by atoms with Crippen molar-refractivity contribution >= 4 is 43.1 Å². The lowest BCUT2D eigenvalue weighted by molar-refractivity contribution is -0.274. The minimum Gasteiger partial charge on any atom is -0.406 e. The summed E-state index contributed by atoms with van der Waals surface area (Å²) in [7, 11) is -7.11. The summed E-state index contributed by atoms with van der Waals surface area (Å²) in [5.74, 6) is -1.58. The number of hydrogen-bond acceptors (Lipinski definition) is 7. The maximum Gasteiger partial charge on any atom is 0.573 e. The smallest absolute Gasteiger partial charge is 0.406 e. The highest BCUT2D eigenvalue weighted by atomic mass is 35.5. The van der Waals surface area contributed by atoms with Crippen LogP contribution in [-0.4, -0.2) is 54.2 Å². The van der Waals surface area contributed by atoms with Gasteiger partial charge in [0.05, 0.1) is 16.9 Å².